The van der Waals surface area contributed by atoms with Crippen molar-refractivity contribution in [2.75, 3.05) is 28.2 Å². The van der Waals surface area contributed by atoms with Crippen LogP contribution in [-0.2, 0) is 70.1 Å². The number of nitrogens with zero attached hydrogens (tertiary/aromatic N) is 4. The summed E-state index contributed by atoms with van der Waals surface area (Å²) in [5.74, 6) is -7.26. The molecule has 0 radical (unpaired) electrons. The van der Waals surface area contributed by atoms with Crippen LogP contribution in [0.1, 0.15) is 106 Å². The van der Waals surface area contributed by atoms with E-state index in [2.05, 4.69) is 31.9 Å². The minimum absolute atomic E-state index is 0.0990. The van der Waals surface area contributed by atoms with E-state index >= 15 is 0 Å². The molecule has 3 rings (SSSR count). The van der Waals surface area contributed by atoms with Gasteiger partial charge in [0.25, 0.3) is 23.6 Å². The molecule has 2 aromatic rings. The van der Waals surface area contributed by atoms with E-state index in [1.165, 1.54) is 42.0 Å². The predicted molar refractivity (Wildman–Crippen MR) is 271 cm³/mol. The highest BCUT2D eigenvalue weighted by Gasteiger charge is 2.43. The first-order valence-corrected chi connectivity index (χ1v) is 25.6. The largest absolute Gasteiger partial charge is 0.451 e. The lowest BCUT2D eigenvalue weighted by Gasteiger charge is -2.35. The molecular weight excluding hydrogens is 1030 g/mol. The quantitative estimate of drug-likeness (QED) is 0.154. The summed E-state index contributed by atoms with van der Waals surface area (Å²) in [6.07, 6.45) is -5.73. The van der Waals surface area contributed by atoms with Gasteiger partial charge in [0.05, 0.1) is 0 Å². The number of cyclic esters (lactones) is 4. The van der Waals surface area contributed by atoms with Crippen molar-refractivity contribution in [3.8, 4) is 0 Å². The third-order valence-corrected chi connectivity index (χ3v) is 13.1. The first kappa shape index (κ1) is 59.5. The van der Waals surface area contributed by atoms with Crippen molar-refractivity contribution < 1.29 is 57.3 Å². The van der Waals surface area contributed by atoms with E-state index in [0.29, 0.717) is 15.6 Å². The highest BCUT2D eigenvalue weighted by Crippen LogP contribution is 2.25. The second-order valence-electron chi connectivity index (χ2n) is 20.1. The Morgan fingerprint density at radius 3 is 1.07 bits per heavy atom. The summed E-state index contributed by atoms with van der Waals surface area (Å²) in [6.45, 7) is 17.5. The molecule has 1 aliphatic rings. The second kappa shape index (κ2) is 27.1. The number of likely N-dealkylation sites (N-methyl/N-ethyl adjacent to an activating group) is 4. The molecule has 2 aromatic carbocycles. The number of hydrogen-bond donors (Lipinski definition) is 0. The molecule has 0 aliphatic carbocycles. The Hall–Kier alpha value is -4.84. The fourth-order valence-corrected chi connectivity index (χ4v) is 8.90. The molecule has 18 heteroatoms. The summed E-state index contributed by atoms with van der Waals surface area (Å²) in [6, 6.07) is 9.07. The zero-order chi connectivity index (χ0) is 52.9. The second-order valence-corrected chi connectivity index (χ2v) is 21.9. The van der Waals surface area contributed by atoms with Crippen molar-refractivity contribution in [1.29, 1.82) is 0 Å². The van der Waals surface area contributed by atoms with Crippen molar-refractivity contribution in [2.24, 2.45) is 23.7 Å². The fraction of sp³-hybridized carbons (Fsp3) is 0.615. The van der Waals surface area contributed by atoms with Gasteiger partial charge in [-0.3, -0.25) is 19.2 Å². The molecular formula is C52H74Br2N4O12. The third kappa shape index (κ3) is 17.2. The molecule has 4 amide bonds. The maximum Gasteiger partial charge on any atom is 0.329 e. The number of esters is 4. The summed E-state index contributed by atoms with van der Waals surface area (Å²) in [4.78, 5) is 120. The first-order valence-electron chi connectivity index (χ1n) is 24.0. The Balaban J connectivity index is 2.27. The van der Waals surface area contributed by atoms with E-state index < -0.39 is 96.1 Å². The van der Waals surface area contributed by atoms with Crippen LogP contribution in [0.2, 0.25) is 0 Å². The highest BCUT2D eigenvalue weighted by molar-refractivity contribution is 9.10. The molecule has 0 saturated carbocycles. The molecule has 1 saturated heterocycles. The van der Waals surface area contributed by atoms with E-state index in [9.17, 15) is 38.4 Å². The molecule has 8 atom stereocenters. The smallest absolute Gasteiger partial charge is 0.329 e. The average molecular weight is 1110 g/mol. The van der Waals surface area contributed by atoms with Gasteiger partial charge in [-0.2, -0.15) is 0 Å². The minimum atomic E-state index is -1.50. The third-order valence-electron chi connectivity index (χ3n) is 12.1. The lowest BCUT2D eigenvalue weighted by atomic mass is 10.00. The van der Waals surface area contributed by atoms with Crippen molar-refractivity contribution in [1.82, 2.24) is 19.6 Å². The fourth-order valence-electron chi connectivity index (χ4n) is 8.19. The molecule has 70 heavy (non-hydrogen) atoms. The van der Waals surface area contributed by atoms with Crippen molar-refractivity contribution >= 4 is 79.4 Å². The van der Waals surface area contributed by atoms with Crippen LogP contribution in [0.15, 0.2) is 57.5 Å². The van der Waals surface area contributed by atoms with Gasteiger partial charge in [0.15, 0.2) is 24.4 Å². The first-order chi connectivity index (χ1) is 32.6. The Morgan fingerprint density at radius 1 is 0.429 bits per heavy atom. The van der Waals surface area contributed by atoms with Gasteiger partial charge in [0.2, 0.25) is 0 Å². The minimum Gasteiger partial charge on any atom is -0.451 e. The number of carbonyl (C=O) groups excluding carboxylic acids is 8. The van der Waals surface area contributed by atoms with Crippen LogP contribution < -0.4 is 0 Å². The standard InChI is InChI=1S/C52H74Br2N4O12/c1-29(2)22-39-49(63)67-34(10)46(60)56(12)42(25-32(7)8)52(66)70-44(28-36-16-15-17-38(54)26-36)48(62)58(14)40(23-30(3)4)50(64)68-33(9)45(59)55(11)41(24-31(5)6)51(65)69-43(47(61)57(39)13)27-35-18-20-37(53)21-19-35/h15-21,26,29-34,39-44H,22-25,27-28H2,1-14H3/t33-,34?,39+,40+,41+,42+,43-,44-/m1/s1. The Kier molecular flexibility index (Phi) is 23.0. The summed E-state index contributed by atoms with van der Waals surface area (Å²) >= 11 is 6.88. The lowest BCUT2D eigenvalue weighted by Crippen LogP contribution is -2.55. The monoisotopic (exact) mass is 1100 g/mol. The molecule has 388 valence electrons. The summed E-state index contributed by atoms with van der Waals surface area (Å²) in [5, 5.41) is 0. The topological polar surface area (TPSA) is 186 Å². The highest BCUT2D eigenvalue weighted by atomic mass is 79.9. The van der Waals surface area contributed by atoms with Gasteiger partial charge in [-0.15, -0.1) is 0 Å². The van der Waals surface area contributed by atoms with Gasteiger partial charge in [-0.1, -0.05) is 112 Å². The van der Waals surface area contributed by atoms with Gasteiger partial charge in [0, 0.05) is 50.0 Å². The average Bonchev–Trinajstić information content (AvgIpc) is 3.28. The number of amides is 4. The number of hydrogen-bond acceptors (Lipinski definition) is 12. The molecule has 1 aliphatic heterocycles. The van der Waals surface area contributed by atoms with Crippen LogP contribution >= 0.6 is 31.9 Å². The summed E-state index contributed by atoms with van der Waals surface area (Å²) < 4.78 is 25.3. The maximum atomic E-state index is 14.7. The van der Waals surface area contributed by atoms with Crippen LogP contribution in [0.3, 0.4) is 0 Å². The Bertz CT molecular complexity index is 2130. The number of rotatable bonds is 12. The van der Waals surface area contributed by atoms with Gasteiger partial charge in [0.1, 0.15) is 24.2 Å². The van der Waals surface area contributed by atoms with Crippen molar-refractivity contribution in [3.05, 3.63) is 68.6 Å². The maximum absolute atomic E-state index is 14.7. The van der Waals surface area contributed by atoms with Crippen LogP contribution in [0.5, 0.6) is 0 Å². The molecule has 0 aromatic heterocycles. The summed E-state index contributed by atoms with van der Waals surface area (Å²) in [7, 11) is 5.55. The van der Waals surface area contributed by atoms with Crippen LogP contribution in [0.4, 0.5) is 0 Å². The number of halogens is 2. The Labute approximate surface area is 431 Å². The van der Waals surface area contributed by atoms with E-state index in [1.807, 2.05) is 55.4 Å². The van der Waals surface area contributed by atoms with Gasteiger partial charge >= 0.3 is 23.9 Å². The SMILES string of the molecule is CC(C)C[C@H]1C(=O)O[C@H](Cc2cccc(Br)c2)C(=O)N(C)[C@@H](CC(C)C)C(=O)O[C@H](C)C(=O)N(C)[C@@H](CC(C)C)C(=O)O[C@H](Cc2ccc(Br)cc2)C(=O)N(C)[C@@H](CC(C)C)C(=O)OC(C)C(=O)N1C. The van der Waals surface area contributed by atoms with Crippen molar-refractivity contribution in [2.45, 2.75) is 156 Å². The van der Waals surface area contributed by atoms with Crippen LogP contribution in [0, 0.1) is 23.7 Å². The van der Waals surface area contributed by atoms with Crippen LogP contribution in [0.25, 0.3) is 0 Å². The molecule has 1 unspecified atom stereocenters. The molecule has 1 heterocycles. The van der Waals surface area contributed by atoms with Gasteiger partial charge in [-0.25, -0.2) is 19.2 Å². The number of carbonyl (C=O) groups is 8. The normalized spacial score (nSPS) is 24.9. The molecule has 0 N–H and O–H groups in total. The molecule has 0 bridgehead atoms. The number of ether oxygens (including phenoxy) is 4. The number of benzene rings is 2. The van der Waals surface area contributed by atoms with E-state index in [4.69, 9.17) is 18.9 Å². The van der Waals surface area contributed by atoms with Crippen LogP contribution in [-0.4, -0.2) is 144 Å². The Morgan fingerprint density at radius 2 is 0.743 bits per heavy atom. The molecule has 1 fully saturated rings. The predicted octanol–water partition coefficient (Wildman–Crippen LogP) is 7.19. The van der Waals surface area contributed by atoms with Gasteiger partial charge in [-0.05, 0) is 98.6 Å². The van der Waals surface area contributed by atoms with Gasteiger partial charge < -0.3 is 38.5 Å². The lowest BCUT2D eigenvalue weighted by molar-refractivity contribution is -0.176. The zero-order valence-corrected chi connectivity index (χ0v) is 46.4. The zero-order valence-electron chi connectivity index (χ0n) is 43.2. The van der Waals surface area contributed by atoms with E-state index in [0.717, 1.165) is 24.1 Å². The molecule has 0 spiro atoms. The van der Waals surface area contributed by atoms with E-state index in [1.54, 1.807) is 48.5 Å². The van der Waals surface area contributed by atoms with Crippen molar-refractivity contribution in [3.63, 3.8) is 0 Å². The molecule has 16 nitrogen and oxygen atoms in total. The summed E-state index contributed by atoms with van der Waals surface area (Å²) in [5.41, 5.74) is 1.24. The van der Waals surface area contributed by atoms with E-state index in [-0.39, 0.29) is 62.2 Å².